The summed E-state index contributed by atoms with van der Waals surface area (Å²) in [6.07, 6.45) is 4.79. The number of hydrogen-bond acceptors (Lipinski definition) is 3. The van der Waals surface area contributed by atoms with Gasteiger partial charge in [0, 0.05) is 11.9 Å². The quantitative estimate of drug-likeness (QED) is 0.658. The van der Waals surface area contributed by atoms with Crippen molar-refractivity contribution in [1.82, 2.24) is 4.90 Å². The van der Waals surface area contributed by atoms with Gasteiger partial charge in [-0.1, -0.05) is 28.8 Å². The largest absolute Gasteiger partial charge is 0.444 e. The Hall–Kier alpha value is -0.290. The van der Waals surface area contributed by atoms with E-state index in [2.05, 4.69) is 22.9 Å². The summed E-state index contributed by atoms with van der Waals surface area (Å²) in [5.41, 5.74) is -0.844. The first-order chi connectivity index (χ1) is 9.69. The van der Waals surface area contributed by atoms with Crippen molar-refractivity contribution in [2.24, 2.45) is 0 Å². The van der Waals surface area contributed by atoms with E-state index in [0.29, 0.717) is 24.5 Å². The summed E-state index contributed by atoms with van der Waals surface area (Å²) in [6, 6.07) is 0. The van der Waals surface area contributed by atoms with Gasteiger partial charge in [0.05, 0.1) is 18.2 Å². The summed E-state index contributed by atoms with van der Waals surface area (Å²) in [4.78, 5) is 14.0. The number of hydrogen-bond donors (Lipinski definition) is 0. The standard InChI is InChI=1S/C16H30BrNO3/c1-6-18(14(19)21-15(2,3)4)12-16(5,11-17)20-13-9-7-8-10-13/h13H,6-12H2,1-5H3. The number of carbonyl (C=O) groups is 1. The van der Waals surface area contributed by atoms with Gasteiger partial charge in [-0.3, -0.25) is 0 Å². The van der Waals surface area contributed by atoms with Gasteiger partial charge in [0.1, 0.15) is 5.60 Å². The minimum atomic E-state index is -0.471. The molecule has 0 radical (unpaired) electrons. The number of amides is 1. The lowest BCUT2D eigenvalue weighted by Gasteiger charge is -2.36. The van der Waals surface area contributed by atoms with Crippen molar-refractivity contribution in [3.63, 3.8) is 0 Å². The Bertz CT molecular complexity index is 337. The molecule has 4 nitrogen and oxygen atoms in total. The van der Waals surface area contributed by atoms with E-state index in [1.807, 2.05) is 27.7 Å². The number of halogens is 1. The second-order valence-corrected chi connectivity index (χ2v) is 7.66. The molecule has 1 saturated carbocycles. The zero-order chi connectivity index (χ0) is 16.1. The van der Waals surface area contributed by atoms with E-state index in [9.17, 15) is 4.79 Å². The second kappa shape index (κ2) is 7.82. The summed E-state index contributed by atoms with van der Waals surface area (Å²) < 4.78 is 11.7. The molecule has 0 aromatic heterocycles. The maximum atomic E-state index is 12.3. The predicted molar refractivity (Wildman–Crippen MR) is 89.0 cm³/mol. The minimum absolute atomic E-state index is 0.271. The maximum Gasteiger partial charge on any atom is 0.410 e. The highest BCUT2D eigenvalue weighted by atomic mass is 79.9. The van der Waals surface area contributed by atoms with Gasteiger partial charge in [0.15, 0.2) is 0 Å². The second-order valence-electron chi connectivity index (χ2n) is 7.10. The lowest BCUT2D eigenvalue weighted by atomic mass is 10.1. The number of likely N-dealkylation sites (N-methyl/N-ethyl adjacent to an activating group) is 1. The zero-order valence-corrected chi connectivity index (χ0v) is 15.7. The van der Waals surface area contributed by atoms with Crippen LogP contribution in [0.2, 0.25) is 0 Å². The van der Waals surface area contributed by atoms with Gasteiger partial charge < -0.3 is 14.4 Å². The molecular formula is C16H30BrNO3. The molecule has 1 atom stereocenters. The minimum Gasteiger partial charge on any atom is -0.444 e. The summed E-state index contributed by atoms with van der Waals surface area (Å²) in [5.74, 6) is 0. The Morgan fingerprint density at radius 3 is 2.24 bits per heavy atom. The Labute approximate surface area is 137 Å². The van der Waals surface area contributed by atoms with Gasteiger partial charge in [-0.15, -0.1) is 0 Å². The smallest absolute Gasteiger partial charge is 0.410 e. The van der Waals surface area contributed by atoms with Crippen LogP contribution >= 0.6 is 15.9 Å². The third-order valence-corrected chi connectivity index (χ3v) is 4.78. The molecule has 0 bridgehead atoms. The van der Waals surface area contributed by atoms with Crippen molar-refractivity contribution in [1.29, 1.82) is 0 Å². The summed E-state index contributed by atoms with van der Waals surface area (Å²) >= 11 is 3.54. The Morgan fingerprint density at radius 1 is 1.24 bits per heavy atom. The van der Waals surface area contributed by atoms with Crippen LogP contribution in [0.5, 0.6) is 0 Å². The fourth-order valence-corrected chi connectivity index (χ4v) is 2.86. The van der Waals surface area contributed by atoms with Gasteiger partial charge in [0.25, 0.3) is 0 Å². The zero-order valence-electron chi connectivity index (χ0n) is 14.1. The lowest BCUT2D eigenvalue weighted by Crippen LogP contribution is -2.49. The molecule has 0 heterocycles. The summed E-state index contributed by atoms with van der Waals surface area (Å²) in [6.45, 7) is 10.8. The molecule has 0 spiro atoms. The van der Waals surface area contributed by atoms with E-state index in [0.717, 1.165) is 12.8 Å². The third-order valence-electron chi connectivity index (χ3n) is 3.59. The van der Waals surface area contributed by atoms with E-state index in [4.69, 9.17) is 9.47 Å². The molecule has 1 unspecified atom stereocenters. The van der Waals surface area contributed by atoms with Gasteiger partial charge in [0.2, 0.25) is 0 Å². The average molecular weight is 364 g/mol. The number of alkyl halides is 1. The van der Waals surface area contributed by atoms with Crippen LogP contribution < -0.4 is 0 Å². The van der Waals surface area contributed by atoms with Crippen LogP contribution in [-0.4, -0.2) is 46.7 Å². The monoisotopic (exact) mass is 363 g/mol. The third kappa shape index (κ3) is 6.55. The number of ether oxygens (including phenoxy) is 2. The number of carbonyl (C=O) groups excluding carboxylic acids is 1. The fourth-order valence-electron chi connectivity index (χ4n) is 2.56. The van der Waals surface area contributed by atoms with E-state index in [-0.39, 0.29) is 11.7 Å². The van der Waals surface area contributed by atoms with Crippen LogP contribution in [0.25, 0.3) is 0 Å². The molecule has 0 aliphatic heterocycles. The molecule has 5 heteroatoms. The molecule has 21 heavy (non-hydrogen) atoms. The molecule has 1 amide bonds. The van der Waals surface area contributed by atoms with Crippen molar-refractivity contribution >= 4 is 22.0 Å². The van der Waals surface area contributed by atoms with Crippen LogP contribution in [0.4, 0.5) is 4.79 Å². The SMILES string of the molecule is CCN(CC(C)(CBr)OC1CCCC1)C(=O)OC(C)(C)C. The van der Waals surface area contributed by atoms with Crippen LogP contribution in [0.3, 0.4) is 0 Å². The summed E-state index contributed by atoms with van der Waals surface area (Å²) in [7, 11) is 0. The number of nitrogens with zero attached hydrogens (tertiary/aromatic N) is 1. The van der Waals surface area contributed by atoms with E-state index in [1.54, 1.807) is 4.90 Å². The summed E-state index contributed by atoms with van der Waals surface area (Å²) in [5, 5.41) is 0.704. The molecule has 1 aliphatic rings. The van der Waals surface area contributed by atoms with E-state index >= 15 is 0 Å². The lowest BCUT2D eigenvalue weighted by molar-refractivity contribution is -0.0808. The molecular weight excluding hydrogens is 334 g/mol. The Morgan fingerprint density at radius 2 is 1.81 bits per heavy atom. The van der Waals surface area contributed by atoms with Crippen molar-refractivity contribution in [3.8, 4) is 0 Å². The maximum absolute atomic E-state index is 12.3. The van der Waals surface area contributed by atoms with Crippen molar-refractivity contribution < 1.29 is 14.3 Å². The van der Waals surface area contributed by atoms with Crippen LogP contribution in [0.1, 0.15) is 60.3 Å². The highest BCUT2D eigenvalue weighted by Gasteiger charge is 2.34. The molecule has 1 fully saturated rings. The van der Waals surface area contributed by atoms with Crippen molar-refractivity contribution in [2.45, 2.75) is 77.6 Å². The van der Waals surface area contributed by atoms with Gasteiger partial charge in [-0.25, -0.2) is 4.79 Å². The molecule has 0 N–H and O–H groups in total. The first-order valence-corrected chi connectivity index (χ1v) is 9.03. The van der Waals surface area contributed by atoms with Gasteiger partial charge in [-0.05, 0) is 47.5 Å². The van der Waals surface area contributed by atoms with E-state index in [1.165, 1.54) is 12.8 Å². The molecule has 124 valence electrons. The molecule has 1 rings (SSSR count). The molecule has 0 aromatic carbocycles. The molecule has 0 aromatic rings. The first kappa shape index (κ1) is 18.8. The average Bonchev–Trinajstić information content (AvgIpc) is 2.86. The van der Waals surface area contributed by atoms with Crippen LogP contribution in [-0.2, 0) is 9.47 Å². The van der Waals surface area contributed by atoms with Crippen LogP contribution in [0.15, 0.2) is 0 Å². The normalized spacial score (nSPS) is 19.3. The highest BCUT2D eigenvalue weighted by Crippen LogP contribution is 2.28. The first-order valence-electron chi connectivity index (χ1n) is 7.91. The fraction of sp³-hybridized carbons (Fsp3) is 0.938. The van der Waals surface area contributed by atoms with Gasteiger partial charge >= 0.3 is 6.09 Å². The van der Waals surface area contributed by atoms with E-state index < -0.39 is 5.60 Å². The highest BCUT2D eigenvalue weighted by molar-refractivity contribution is 9.09. The molecule has 1 aliphatic carbocycles. The Kier molecular flexibility index (Phi) is 6.98. The van der Waals surface area contributed by atoms with Crippen molar-refractivity contribution in [3.05, 3.63) is 0 Å². The van der Waals surface area contributed by atoms with Crippen molar-refractivity contribution in [2.75, 3.05) is 18.4 Å². The predicted octanol–water partition coefficient (Wildman–Crippen LogP) is 4.36. The van der Waals surface area contributed by atoms with Crippen LogP contribution in [0, 0.1) is 0 Å². The molecule has 0 saturated heterocycles. The van der Waals surface area contributed by atoms with Gasteiger partial charge in [-0.2, -0.15) is 0 Å². The Balaban J connectivity index is 2.64. The topological polar surface area (TPSA) is 38.8 Å². The number of rotatable bonds is 6.